The van der Waals surface area contributed by atoms with Gasteiger partial charge >= 0.3 is 0 Å². The van der Waals surface area contributed by atoms with E-state index in [4.69, 9.17) is 10.5 Å². The summed E-state index contributed by atoms with van der Waals surface area (Å²) in [5, 5.41) is 0. The van der Waals surface area contributed by atoms with E-state index in [0.29, 0.717) is 13.2 Å². The van der Waals surface area contributed by atoms with Crippen LogP contribution in [0.25, 0.3) is 0 Å². The molecule has 2 nitrogen and oxygen atoms in total. The average Bonchev–Trinajstić information content (AvgIpc) is 2.14. The Morgan fingerprint density at radius 1 is 1.25 bits per heavy atom. The molecule has 0 aromatic heterocycles. The van der Waals surface area contributed by atoms with Crippen LogP contribution in [0.15, 0.2) is 42.7 Å². The number of nitrogens with two attached hydrogens (primary N) is 1. The highest BCUT2D eigenvalue weighted by atomic mass is 16.5. The van der Waals surface area contributed by atoms with Gasteiger partial charge in [0.25, 0.3) is 0 Å². The van der Waals surface area contributed by atoms with E-state index >= 15 is 0 Å². The lowest BCUT2D eigenvalue weighted by Crippen LogP contribution is -1.93. The molecule has 0 radical (unpaired) electrons. The van der Waals surface area contributed by atoms with Crippen LogP contribution in [0, 0.1) is 0 Å². The zero-order valence-electron chi connectivity index (χ0n) is 6.94. The van der Waals surface area contributed by atoms with E-state index in [1.807, 2.05) is 30.3 Å². The molecule has 2 heteroatoms. The predicted molar refractivity (Wildman–Crippen MR) is 49.4 cm³/mol. The maximum absolute atomic E-state index is 5.24. The van der Waals surface area contributed by atoms with Crippen LogP contribution in [0.1, 0.15) is 5.56 Å². The summed E-state index contributed by atoms with van der Waals surface area (Å²) in [6.07, 6.45) is 3.41. The highest BCUT2D eigenvalue weighted by molar-refractivity contribution is 5.13. The highest BCUT2D eigenvalue weighted by Crippen LogP contribution is 1.99. The Morgan fingerprint density at radius 3 is 2.67 bits per heavy atom. The maximum atomic E-state index is 5.24. The first-order valence-electron chi connectivity index (χ1n) is 3.94. The van der Waals surface area contributed by atoms with Crippen molar-refractivity contribution in [1.29, 1.82) is 0 Å². The third kappa shape index (κ3) is 3.21. The zero-order chi connectivity index (χ0) is 8.65. The molecule has 0 saturated heterocycles. The number of rotatable bonds is 4. The second-order valence-electron chi connectivity index (χ2n) is 2.40. The largest absolute Gasteiger partial charge is 0.497 e. The van der Waals surface area contributed by atoms with Gasteiger partial charge in [-0.05, 0) is 11.6 Å². The summed E-state index contributed by atoms with van der Waals surface area (Å²) in [5.74, 6) is 0. The zero-order valence-corrected chi connectivity index (χ0v) is 6.94. The van der Waals surface area contributed by atoms with Gasteiger partial charge in [-0.15, -0.1) is 0 Å². The van der Waals surface area contributed by atoms with Crippen molar-refractivity contribution >= 4 is 0 Å². The summed E-state index contributed by atoms with van der Waals surface area (Å²) in [7, 11) is 0. The van der Waals surface area contributed by atoms with E-state index in [-0.39, 0.29) is 0 Å². The van der Waals surface area contributed by atoms with Crippen molar-refractivity contribution in [3.8, 4) is 0 Å². The van der Waals surface area contributed by atoms with Crippen molar-refractivity contribution in [2.45, 2.75) is 6.61 Å². The Balaban J connectivity index is 2.29. The van der Waals surface area contributed by atoms with Crippen molar-refractivity contribution in [2.24, 2.45) is 5.73 Å². The summed E-state index contributed by atoms with van der Waals surface area (Å²) in [5.41, 5.74) is 6.41. The Morgan fingerprint density at radius 2 is 2.00 bits per heavy atom. The summed E-state index contributed by atoms with van der Waals surface area (Å²) < 4.78 is 5.20. The van der Waals surface area contributed by atoms with Crippen LogP contribution in [0.4, 0.5) is 0 Å². The van der Waals surface area contributed by atoms with Gasteiger partial charge in [-0.3, -0.25) is 0 Å². The fourth-order valence-electron chi connectivity index (χ4n) is 0.842. The first-order valence-corrected chi connectivity index (χ1v) is 3.94. The molecule has 1 aromatic carbocycles. The first kappa shape index (κ1) is 8.81. The van der Waals surface area contributed by atoms with E-state index in [9.17, 15) is 0 Å². The van der Waals surface area contributed by atoms with Crippen molar-refractivity contribution in [3.05, 3.63) is 48.2 Å². The summed E-state index contributed by atoms with van der Waals surface area (Å²) >= 11 is 0. The molecule has 0 bridgehead atoms. The third-order valence-corrected chi connectivity index (χ3v) is 1.42. The van der Waals surface area contributed by atoms with Gasteiger partial charge in [-0.2, -0.15) is 0 Å². The minimum Gasteiger partial charge on any atom is -0.497 e. The van der Waals surface area contributed by atoms with Crippen LogP contribution < -0.4 is 5.73 Å². The SMILES string of the molecule is NCC=COCc1ccccc1. The fourth-order valence-corrected chi connectivity index (χ4v) is 0.842. The van der Waals surface area contributed by atoms with Gasteiger partial charge in [0, 0.05) is 6.54 Å². The monoisotopic (exact) mass is 163 g/mol. The molecule has 12 heavy (non-hydrogen) atoms. The van der Waals surface area contributed by atoms with Crippen LogP contribution in [-0.4, -0.2) is 6.54 Å². The normalized spacial score (nSPS) is 10.4. The van der Waals surface area contributed by atoms with Crippen LogP contribution in [0.3, 0.4) is 0 Å². The average molecular weight is 163 g/mol. The summed E-state index contributed by atoms with van der Waals surface area (Å²) in [4.78, 5) is 0. The van der Waals surface area contributed by atoms with Crippen LogP contribution in [0.2, 0.25) is 0 Å². The Bertz CT molecular complexity index is 231. The molecule has 64 valence electrons. The second-order valence-corrected chi connectivity index (χ2v) is 2.40. The maximum Gasteiger partial charge on any atom is 0.112 e. The molecule has 2 N–H and O–H groups in total. The molecule has 0 unspecified atom stereocenters. The van der Waals surface area contributed by atoms with Crippen LogP contribution in [0.5, 0.6) is 0 Å². The highest BCUT2D eigenvalue weighted by Gasteiger charge is 1.86. The lowest BCUT2D eigenvalue weighted by atomic mass is 10.2. The van der Waals surface area contributed by atoms with E-state index in [2.05, 4.69) is 0 Å². The van der Waals surface area contributed by atoms with Crippen LogP contribution >= 0.6 is 0 Å². The molecule has 0 atom stereocenters. The second kappa shape index (κ2) is 5.38. The lowest BCUT2D eigenvalue weighted by Gasteiger charge is -1.99. The summed E-state index contributed by atoms with van der Waals surface area (Å²) in [6.45, 7) is 1.13. The van der Waals surface area contributed by atoms with E-state index in [1.165, 1.54) is 5.56 Å². The smallest absolute Gasteiger partial charge is 0.112 e. The third-order valence-electron chi connectivity index (χ3n) is 1.42. The Hall–Kier alpha value is -1.28. The number of benzene rings is 1. The fraction of sp³-hybridized carbons (Fsp3) is 0.200. The molecular weight excluding hydrogens is 150 g/mol. The van der Waals surface area contributed by atoms with E-state index < -0.39 is 0 Å². The molecule has 0 aliphatic carbocycles. The van der Waals surface area contributed by atoms with Gasteiger partial charge < -0.3 is 10.5 Å². The lowest BCUT2D eigenvalue weighted by molar-refractivity contribution is 0.236. The molecule has 0 aliphatic rings. The van der Waals surface area contributed by atoms with Gasteiger partial charge in [0.1, 0.15) is 6.61 Å². The van der Waals surface area contributed by atoms with Gasteiger partial charge in [-0.25, -0.2) is 0 Å². The van der Waals surface area contributed by atoms with Crippen molar-refractivity contribution in [3.63, 3.8) is 0 Å². The molecule has 0 heterocycles. The molecule has 0 saturated carbocycles. The quantitative estimate of drug-likeness (QED) is 0.685. The number of hydrogen-bond donors (Lipinski definition) is 1. The predicted octanol–water partition coefficient (Wildman–Crippen LogP) is 1.68. The molecule has 0 aliphatic heterocycles. The van der Waals surface area contributed by atoms with Gasteiger partial charge in [0.15, 0.2) is 0 Å². The number of hydrogen-bond acceptors (Lipinski definition) is 2. The Kier molecular flexibility index (Phi) is 3.95. The van der Waals surface area contributed by atoms with Crippen molar-refractivity contribution < 1.29 is 4.74 Å². The van der Waals surface area contributed by atoms with Gasteiger partial charge in [-0.1, -0.05) is 30.3 Å². The standard InChI is InChI=1S/C10H13NO/c11-7-4-8-12-9-10-5-2-1-3-6-10/h1-6,8H,7,9,11H2. The molecule has 1 aromatic rings. The van der Waals surface area contributed by atoms with Crippen LogP contribution in [-0.2, 0) is 11.3 Å². The minimum atomic E-state index is 0.523. The molecule has 0 amide bonds. The summed E-state index contributed by atoms with van der Waals surface area (Å²) in [6, 6.07) is 10.0. The molecular formula is C10H13NO. The molecule has 0 spiro atoms. The topological polar surface area (TPSA) is 35.2 Å². The van der Waals surface area contributed by atoms with Gasteiger partial charge in [0.05, 0.1) is 6.26 Å². The van der Waals surface area contributed by atoms with E-state index in [0.717, 1.165) is 0 Å². The van der Waals surface area contributed by atoms with Crippen molar-refractivity contribution in [2.75, 3.05) is 6.54 Å². The Labute approximate surface area is 72.7 Å². The molecule has 0 fully saturated rings. The first-order chi connectivity index (χ1) is 5.93. The number of ether oxygens (including phenoxy) is 1. The van der Waals surface area contributed by atoms with Crippen molar-refractivity contribution in [1.82, 2.24) is 0 Å². The molecule has 1 rings (SSSR count). The minimum absolute atomic E-state index is 0.523. The van der Waals surface area contributed by atoms with Gasteiger partial charge in [0.2, 0.25) is 0 Å². The van der Waals surface area contributed by atoms with E-state index in [1.54, 1.807) is 12.3 Å².